The van der Waals surface area contributed by atoms with E-state index in [-0.39, 0.29) is 18.8 Å². The van der Waals surface area contributed by atoms with Crippen LogP contribution in [-0.2, 0) is 21.3 Å². The summed E-state index contributed by atoms with van der Waals surface area (Å²) in [6.07, 6.45) is 4.11. The number of hydrogen-bond donors (Lipinski definition) is 1. The fourth-order valence-electron chi connectivity index (χ4n) is 1.76. The molecule has 6 nitrogen and oxygen atoms in total. The van der Waals surface area contributed by atoms with Crippen LogP contribution in [0.3, 0.4) is 0 Å². The van der Waals surface area contributed by atoms with Gasteiger partial charge in [-0.1, -0.05) is 18.3 Å². The van der Waals surface area contributed by atoms with E-state index in [1.54, 1.807) is 25.6 Å². The summed E-state index contributed by atoms with van der Waals surface area (Å²) < 4.78 is 31.1. The maximum atomic E-state index is 12.4. The summed E-state index contributed by atoms with van der Waals surface area (Å²) in [6, 6.07) is 3.62. The molecule has 0 fully saturated rings. The molecule has 0 unspecified atom stereocenters. The maximum Gasteiger partial charge on any atom is 0.214 e. The van der Waals surface area contributed by atoms with E-state index in [0.717, 1.165) is 5.56 Å². The first-order valence-electron chi connectivity index (χ1n) is 6.59. The lowest BCUT2D eigenvalue weighted by molar-refractivity contribution is 0.199. The Morgan fingerprint density at radius 1 is 1.52 bits per heavy atom. The summed E-state index contributed by atoms with van der Waals surface area (Å²) in [5.74, 6) is 0.0401. The van der Waals surface area contributed by atoms with Gasteiger partial charge in [0.1, 0.15) is 0 Å². The lowest BCUT2D eigenvalue weighted by Crippen LogP contribution is -2.35. The first-order valence-corrected chi connectivity index (χ1v) is 8.61. The second-order valence-electron chi connectivity index (χ2n) is 4.57. The SMILES string of the molecule is COCCCS(=O)(=O)N(CCC(N)=S)Cc1cccnc1. The average Bonchev–Trinajstić information content (AvgIpc) is 2.44. The molecule has 0 saturated carbocycles. The van der Waals surface area contributed by atoms with Crippen LogP contribution in [0.1, 0.15) is 18.4 Å². The van der Waals surface area contributed by atoms with Gasteiger partial charge in [0.15, 0.2) is 0 Å². The zero-order valence-electron chi connectivity index (χ0n) is 12.1. The quantitative estimate of drug-likeness (QED) is 0.507. The Kier molecular flexibility index (Phi) is 7.73. The molecule has 0 spiro atoms. The monoisotopic (exact) mass is 331 g/mol. The second kappa shape index (κ2) is 9.04. The number of thiocarbonyl (C=S) groups is 1. The highest BCUT2D eigenvalue weighted by Crippen LogP contribution is 2.11. The van der Waals surface area contributed by atoms with Gasteiger partial charge in [-0.2, -0.15) is 4.31 Å². The normalized spacial score (nSPS) is 11.7. The molecule has 0 radical (unpaired) electrons. The molecule has 2 N–H and O–H groups in total. The third-order valence-electron chi connectivity index (χ3n) is 2.83. The number of hydrogen-bond acceptors (Lipinski definition) is 5. The predicted molar refractivity (Wildman–Crippen MR) is 86.3 cm³/mol. The molecule has 0 bridgehead atoms. The Morgan fingerprint density at radius 3 is 2.86 bits per heavy atom. The lowest BCUT2D eigenvalue weighted by atomic mass is 10.3. The van der Waals surface area contributed by atoms with E-state index in [1.807, 2.05) is 6.07 Å². The number of sulfonamides is 1. The van der Waals surface area contributed by atoms with E-state index < -0.39 is 10.0 Å². The van der Waals surface area contributed by atoms with Gasteiger partial charge < -0.3 is 10.5 Å². The maximum absolute atomic E-state index is 12.4. The standard InChI is InChI=1S/C13H21N3O3S2/c1-19-8-3-9-21(17,18)16(7-5-13(14)20)11-12-4-2-6-15-10-12/h2,4,6,10H,3,5,7-9,11H2,1H3,(H2,14,20). The van der Waals surface area contributed by atoms with Crippen molar-refractivity contribution in [2.45, 2.75) is 19.4 Å². The largest absolute Gasteiger partial charge is 0.393 e. The van der Waals surface area contributed by atoms with Crippen molar-refractivity contribution in [3.63, 3.8) is 0 Å². The van der Waals surface area contributed by atoms with Crippen molar-refractivity contribution in [1.82, 2.24) is 9.29 Å². The first-order chi connectivity index (χ1) is 9.95. The van der Waals surface area contributed by atoms with Gasteiger partial charge in [-0.25, -0.2) is 8.42 Å². The van der Waals surface area contributed by atoms with Crippen LogP contribution in [0.2, 0.25) is 0 Å². The second-order valence-corrected chi connectivity index (χ2v) is 7.19. The molecule has 1 aromatic heterocycles. The molecule has 0 atom stereocenters. The van der Waals surface area contributed by atoms with Gasteiger partial charge in [0, 0.05) is 45.6 Å². The molecule has 0 saturated heterocycles. The Hall–Kier alpha value is -1.09. The summed E-state index contributed by atoms with van der Waals surface area (Å²) >= 11 is 4.83. The van der Waals surface area contributed by atoms with Crippen LogP contribution in [-0.4, -0.2) is 48.7 Å². The summed E-state index contributed by atoms with van der Waals surface area (Å²) in [6.45, 7) is 0.959. The minimum absolute atomic E-state index is 0.0401. The topological polar surface area (TPSA) is 85.5 Å². The number of ether oxygens (including phenoxy) is 1. The molecule has 0 aromatic carbocycles. The van der Waals surface area contributed by atoms with E-state index in [2.05, 4.69) is 4.98 Å². The van der Waals surface area contributed by atoms with Crippen molar-refractivity contribution < 1.29 is 13.2 Å². The highest BCUT2D eigenvalue weighted by molar-refractivity contribution is 7.89. The van der Waals surface area contributed by atoms with E-state index in [9.17, 15) is 8.42 Å². The molecular weight excluding hydrogens is 310 g/mol. The van der Waals surface area contributed by atoms with Crippen molar-refractivity contribution in [1.29, 1.82) is 0 Å². The van der Waals surface area contributed by atoms with Gasteiger partial charge >= 0.3 is 0 Å². The fourth-order valence-corrected chi connectivity index (χ4v) is 3.31. The molecule has 0 aliphatic rings. The van der Waals surface area contributed by atoms with Gasteiger partial charge in [0.25, 0.3) is 0 Å². The molecule has 0 amide bonds. The van der Waals surface area contributed by atoms with Crippen molar-refractivity contribution >= 4 is 27.2 Å². The minimum atomic E-state index is -3.38. The highest BCUT2D eigenvalue weighted by Gasteiger charge is 2.22. The van der Waals surface area contributed by atoms with Crippen LogP contribution >= 0.6 is 12.2 Å². The molecule has 0 aliphatic heterocycles. The van der Waals surface area contributed by atoms with Gasteiger partial charge in [-0.3, -0.25) is 4.98 Å². The average molecular weight is 331 g/mol. The summed E-state index contributed by atoms with van der Waals surface area (Å²) in [7, 11) is -1.83. The van der Waals surface area contributed by atoms with E-state index in [0.29, 0.717) is 24.4 Å². The van der Waals surface area contributed by atoms with Gasteiger partial charge in [0.05, 0.1) is 10.7 Å². The first kappa shape index (κ1) is 18.0. The third-order valence-corrected chi connectivity index (χ3v) is 4.94. The van der Waals surface area contributed by atoms with Crippen LogP contribution in [0.4, 0.5) is 0 Å². The number of nitrogens with zero attached hydrogens (tertiary/aromatic N) is 2. The fraction of sp³-hybridized carbons (Fsp3) is 0.538. The van der Waals surface area contributed by atoms with Crippen molar-refractivity contribution in [3.8, 4) is 0 Å². The van der Waals surface area contributed by atoms with Crippen LogP contribution < -0.4 is 5.73 Å². The smallest absolute Gasteiger partial charge is 0.214 e. The third kappa shape index (κ3) is 6.94. The number of methoxy groups -OCH3 is 1. The highest BCUT2D eigenvalue weighted by atomic mass is 32.2. The van der Waals surface area contributed by atoms with E-state index in [4.69, 9.17) is 22.7 Å². The molecule has 8 heteroatoms. The number of pyridine rings is 1. The van der Waals surface area contributed by atoms with Crippen LogP contribution in [0.25, 0.3) is 0 Å². The summed E-state index contributed by atoms with van der Waals surface area (Å²) in [4.78, 5) is 4.30. The molecule has 118 valence electrons. The van der Waals surface area contributed by atoms with Gasteiger partial charge in [-0.15, -0.1) is 0 Å². The zero-order chi connectivity index (χ0) is 15.7. The van der Waals surface area contributed by atoms with Gasteiger partial charge in [-0.05, 0) is 18.1 Å². The van der Waals surface area contributed by atoms with Crippen LogP contribution in [0.5, 0.6) is 0 Å². The Balaban J connectivity index is 2.77. The number of rotatable bonds is 10. The zero-order valence-corrected chi connectivity index (χ0v) is 13.7. The van der Waals surface area contributed by atoms with Crippen molar-refractivity contribution in [2.24, 2.45) is 5.73 Å². The van der Waals surface area contributed by atoms with Gasteiger partial charge in [0.2, 0.25) is 10.0 Å². The Bertz CT molecular complexity index is 535. The number of aromatic nitrogens is 1. The van der Waals surface area contributed by atoms with E-state index >= 15 is 0 Å². The summed E-state index contributed by atoms with van der Waals surface area (Å²) in [5.41, 5.74) is 6.31. The predicted octanol–water partition coefficient (Wildman–Crippen LogP) is 0.926. The molecule has 1 rings (SSSR count). The molecule has 1 aromatic rings. The van der Waals surface area contributed by atoms with Crippen molar-refractivity contribution in [3.05, 3.63) is 30.1 Å². The van der Waals surface area contributed by atoms with E-state index in [1.165, 1.54) is 4.31 Å². The Morgan fingerprint density at radius 2 is 2.29 bits per heavy atom. The molecule has 1 heterocycles. The summed E-state index contributed by atoms with van der Waals surface area (Å²) in [5, 5.41) is 0. The van der Waals surface area contributed by atoms with Crippen molar-refractivity contribution in [2.75, 3.05) is 26.0 Å². The molecule has 0 aliphatic carbocycles. The molecular formula is C13H21N3O3S2. The van der Waals surface area contributed by atoms with Crippen LogP contribution in [0.15, 0.2) is 24.5 Å². The Labute approximate surface area is 131 Å². The number of nitrogens with two attached hydrogens (primary N) is 1. The minimum Gasteiger partial charge on any atom is -0.393 e. The lowest BCUT2D eigenvalue weighted by Gasteiger charge is -2.22. The van der Waals surface area contributed by atoms with Crippen LogP contribution in [0, 0.1) is 0 Å². The molecule has 21 heavy (non-hydrogen) atoms.